The second-order valence-corrected chi connectivity index (χ2v) is 9.84. The Kier molecular flexibility index (Phi) is 9.23. The number of carbonyl (C=O) groups excluding carboxylic acids is 2. The van der Waals surface area contributed by atoms with E-state index in [0.29, 0.717) is 12.5 Å². The average Bonchev–Trinajstić information content (AvgIpc) is 3.22. The molecule has 0 spiro atoms. The number of nitrogens with one attached hydrogen (secondary N) is 1. The minimum atomic E-state index is -0.281. The van der Waals surface area contributed by atoms with Gasteiger partial charge in [-0.1, -0.05) is 37.1 Å². The maximum atomic E-state index is 13.1. The van der Waals surface area contributed by atoms with Gasteiger partial charge in [-0.15, -0.1) is 0 Å². The lowest BCUT2D eigenvalue weighted by Crippen LogP contribution is -2.46. The van der Waals surface area contributed by atoms with Crippen LogP contribution in [0.3, 0.4) is 0 Å². The van der Waals surface area contributed by atoms with Crippen LogP contribution in [0, 0.1) is 5.92 Å². The number of likely N-dealkylation sites (tertiary alicyclic amines) is 2. The molecule has 0 saturated carbocycles. The maximum absolute atomic E-state index is 13.1. The minimum absolute atomic E-state index is 0.0241. The highest BCUT2D eigenvalue weighted by molar-refractivity contribution is 5.80. The second-order valence-electron chi connectivity index (χ2n) is 9.84. The predicted molar refractivity (Wildman–Crippen MR) is 140 cm³/mol. The van der Waals surface area contributed by atoms with Gasteiger partial charge in [-0.25, -0.2) is 0 Å². The Labute approximate surface area is 214 Å². The van der Waals surface area contributed by atoms with Crippen molar-refractivity contribution in [2.75, 3.05) is 46.9 Å². The van der Waals surface area contributed by atoms with Crippen molar-refractivity contribution in [2.24, 2.45) is 5.92 Å². The molecule has 2 aromatic rings. The molecule has 2 fully saturated rings. The summed E-state index contributed by atoms with van der Waals surface area (Å²) in [5.41, 5.74) is 1.96. The van der Waals surface area contributed by atoms with E-state index in [9.17, 15) is 9.59 Å². The van der Waals surface area contributed by atoms with Crippen LogP contribution in [0.5, 0.6) is 11.5 Å². The number of ether oxygens (including phenoxy) is 2. The van der Waals surface area contributed by atoms with Gasteiger partial charge in [0.05, 0.1) is 26.8 Å². The number of carbonyl (C=O) groups is 2. The Morgan fingerprint density at radius 3 is 1.78 bits per heavy atom. The van der Waals surface area contributed by atoms with E-state index in [1.807, 2.05) is 48.5 Å². The first kappa shape index (κ1) is 26.0. The summed E-state index contributed by atoms with van der Waals surface area (Å²) in [5, 5.41) is 3.23. The molecule has 0 radical (unpaired) electrons. The molecule has 2 aliphatic heterocycles. The third kappa shape index (κ3) is 6.78. The van der Waals surface area contributed by atoms with E-state index >= 15 is 0 Å². The highest BCUT2D eigenvalue weighted by Gasteiger charge is 2.30. The first-order valence-electron chi connectivity index (χ1n) is 13.2. The highest BCUT2D eigenvalue weighted by Crippen LogP contribution is 2.26. The van der Waals surface area contributed by atoms with Crippen molar-refractivity contribution in [1.82, 2.24) is 15.1 Å². The fourth-order valence-corrected chi connectivity index (χ4v) is 5.25. The fraction of sp³-hybridized carbons (Fsp3) is 0.517. The SMILES string of the molecule is COc1ccc(C(NC(=O)CN2CCC(C(=O)N3CCCCCC3)CC2)c2ccc(OC)cc2)cc1. The van der Waals surface area contributed by atoms with Gasteiger partial charge in [-0.2, -0.15) is 0 Å². The van der Waals surface area contributed by atoms with Crippen LogP contribution in [-0.4, -0.2) is 68.6 Å². The van der Waals surface area contributed by atoms with Crippen molar-refractivity contribution in [3.8, 4) is 11.5 Å². The molecule has 2 saturated heterocycles. The van der Waals surface area contributed by atoms with Crippen molar-refractivity contribution in [3.05, 3.63) is 59.7 Å². The zero-order chi connectivity index (χ0) is 25.3. The van der Waals surface area contributed by atoms with Crippen molar-refractivity contribution < 1.29 is 19.1 Å². The number of methoxy groups -OCH3 is 2. The summed E-state index contributed by atoms with van der Waals surface area (Å²) in [6, 6.07) is 15.3. The number of hydrogen-bond donors (Lipinski definition) is 1. The molecule has 2 aliphatic rings. The third-order valence-electron chi connectivity index (χ3n) is 7.43. The number of amides is 2. The molecule has 0 aliphatic carbocycles. The number of rotatable bonds is 8. The lowest BCUT2D eigenvalue weighted by molar-refractivity contribution is -0.137. The van der Waals surface area contributed by atoms with Crippen LogP contribution < -0.4 is 14.8 Å². The molecule has 7 nitrogen and oxygen atoms in total. The van der Waals surface area contributed by atoms with E-state index in [0.717, 1.165) is 74.5 Å². The highest BCUT2D eigenvalue weighted by atomic mass is 16.5. The molecule has 194 valence electrons. The summed E-state index contributed by atoms with van der Waals surface area (Å²) in [6.07, 6.45) is 6.34. The van der Waals surface area contributed by atoms with Crippen LogP contribution in [0.15, 0.2) is 48.5 Å². The van der Waals surface area contributed by atoms with Crippen LogP contribution in [0.2, 0.25) is 0 Å². The number of nitrogens with zero attached hydrogens (tertiary/aromatic N) is 2. The first-order chi connectivity index (χ1) is 17.6. The zero-order valence-corrected chi connectivity index (χ0v) is 21.6. The molecule has 1 N–H and O–H groups in total. The molecule has 36 heavy (non-hydrogen) atoms. The van der Waals surface area contributed by atoms with E-state index < -0.39 is 0 Å². The predicted octanol–water partition coefficient (Wildman–Crippen LogP) is 4.02. The second kappa shape index (κ2) is 12.8. The Hall–Kier alpha value is -3.06. The smallest absolute Gasteiger partial charge is 0.234 e. The molecule has 0 atom stereocenters. The largest absolute Gasteiger partial charge is 0.497 e. The van der Waals surface area contributed by atoms with Gasteiger partial charge in [0, 0.05) is 19.0 Å². The standard InChI is InChI=1S/C29H39N3O4/c1-35-25-11-7-22(8-12-25)28(23-9-13-26(36-2)14-10-23)30-27(33)21-31-19-15-24(16-20-31)29(34)32-17-5-3-4-6-18-32/h7-14,24,28H,3-6,15-21H2,1-2H3,(H,30,33). The summed E-state index contributed by atoms with van der Waals surface area (Å²) in [4.78, 5) is 30.4. The van der Waals surface area contributed by atoms with E-state index in [4.69, 9.17) is 9.47 Å². The summed E-state index contributed by atoms with van der Waals surface area (Å²) in [5.74, 6) is 1.94. The van der Waals surface area contributed by atoms with Crippen molar-refractivity contribution in [2.45, 2.75) is 44.6 Å². The van der Waals surface area contributed by atoms with Gasteiger partial charge in [-0.05, 0) is 74.2 Å². The molecule has 0 bridgehead atoms. The van der Waals surface area contributed by atoms with Gasteiger partial charge in [0.25, 0.3) is 0 Å². The van der Waals surface area contributed by atoms with E-state index in [-0.39, 0.29) is 17.9 Å². The Morgan fingerprint density at radius 2 is 1.31 bits per heavy atom. The maximum Gasteiger partial charge on any atom is 0.234 e. The van der Waals surface area contributed by atoms with Crippen LogP contribution in [0.4, 0.5) is 0 Å². The normalized spacial score (nSPS) is 17.5. The summed E-state index contributed by atoms with van der Waals surface area (Å²) >= 11 is 0. The topological polar surface area (TPSA) is 71.1 Å². The average molecular weight is 494 g/mol. The Morgan fingerprint density at radius 1 is 0.806 bits per heavy atom. The van der Waals surface area contributed by atoms with Gasteiger partial charge in [0.1, 0.15) is 11.5 Å². The van der Waals surface area contributed by atoms with E-state index in [1.165, 1.54) is 12.8 Å². The van der Waals surface area contributed by atoms with Gasteiger partial charge in [0.15, 0.2) is 0 Å². The van der Waals surface area contributed by atoms with Crippen LogP contribution in [0.25, 0.3) is 0 Å². The zero-order valence-electron chi connectivity index (χ0n) is 21.6. The van der Waals surface area contributed by atoms with Crippen LogP contribution >= 0.6 is 0 Å². The van der Waals surface area contributed by atoms with Gasteiger partial charge in [-0.3, -0.25) is 14.5 Å². The molecule has 0 unspecified atom stereocenters. The third-order valence-corrected chi connectivity index (χ3v) is 7.43. The lowest BCUT2D eigenvalue weighted by atomic mass is 9.95. The summed E-state index contributed by atoms with van der Waals surface area (Å²) in [6.45, 7) is 3.67. The number of benzene rings is 2. The number of piperidine rings is 1. The van der Waals surface area contributed by atoms with Gasteiger partial charge < -0.3 is 19.7 Å². The lowest BCUT2D eigenvalue weighted by Gasteiger charge is -2.34. The molecule has 2 heterocycles. The Bertz CT molecular complexity index is 929. The molecular weight excluding hydrogens is 454 g/mol. The first-order valence-corrected chi connectivity index (χ1v) is 13.2. The summed E-state index contributed by atoms with van der Waals surface area (Å²) < 4.78 is 10.6. The molecule has 7 heteroatoms. The van der Waals surface area contributed by atoms with Gasteiger partial charge in [0.2, 0.25) is 11.8 Å². The molecule has 0 aromatic heterocycles. The fourth-order valence-electron chi connectivity index (χ4n) is 5.25. The number of hydrogen-bond acceptors (Lipinski definition) is 5. The van der Waals surface area contributed by atoms with Gasteiger partial charge >= 0.3 is 0 Å². The van der Waals surface area contributed by atoms with Crippen molar-refractivity contribution in [3.63, 3.8) is 0 Å². The van der Waals surface area contributed by atoms with Crippen molar-refractivity contribution >= 4 is 11.8 Å². The summed E-state index contributed by atoms with van der Waals surface area (Å²) in [7, 11) is 3.28. The quantitative estimate of drug-likeness (QED) is 0.601. The monoisotopic (exact) mass is 493 g/mol. The Balaban J connectivity index is 1.35. The van der Waals surface area contributed by atoms with Crippen molar-refractivity contribution in [1.29, 1.82) is 0 Å². The van der Waals surface area contributed by atoms with E-state index in [1.54, 1.807) is 14.2 Å². The van der Waals surface area contributed by atoms with Crippen LogP contribution in [-0.2, 0) is 9.59 Å². The molecule has 2 aromatic carbocycles. The molecule has 2 amide bonds. The molecule has 4 rings (SSSR count). The molecular formula is C29H39N3O4. The van der Waals surface area contributed by atoms with E-state index in [2.05, 4.69) is 15.1 Å². The van der Waals surface area contributed by atoms with Crippen LogP contribution in [0.1, 0.15) is 55.7 Å². The minimum Gasteiger partial charge on any atom is -0.497 e.